The van der Waals surface area contributed by atoms with Crippen LogP contribution in [0, 0.1) is 0 Å². The number of benzene rings is 4. The molecule has 0 spiro atoms. The van der Waals surface area contributed by atoms with E-state index in [-0.39, 0.29) is 7.25 Å². The molecule has 0 amide bonds. The average molecular weight is 798 g/mol. The molecule has 0 aromatic heterocycles. The van der Waals surface area contributed by atoms with E-state index >= 15 is 0 Å². The van der Waals surface area contributed by atoms with Crippen LogP contribution >= 0.6 is 17.0 Å². The van der Waals surface area contributed by atoms with E-state index in [9.17, 15) is 0 Å². The van der Waals surface area contributed by atoms with Gasteiger partial charge in [-0.05, 0) is 0 Å². The van der Waals surface area contributed by atoms with Crippen LogP contribution in [-0.2, 0) is 15.6 Å². The molecule has 2 unspecified atom stereocenters. The monoisotopic (exact) mass is 795 g/mol. The first-order valence-corrected chi connectivity index (χ1v) is 35.5. The van der Waals surface area contributed by atoms with Crippen molar-refractivity contribution in [3.8, 4) is 22.3 Å². The fourth-order valence-corrected chi connectivity index (χ4v) is 41.6. The predicted octanol–water partition coefficient (Wildman–Crippen LogP) is 12.6. The molecule has 2 nitrogen and oxygen atoms in total. The molecule has 2 heterocycles. The zero-order chi connectivity index (χ0) is 34.6. The van der Waals surface area contributed by atoms with Crippen LogP contribution in [0.3, 0.4) is 0 Å². The summed E-state index contributed by atoms with van der Waals surface area (Å²) in [5, 5.41) is 0. The van der Waals surface area contributed by atoms with E-state index in [1.54, 1.807) is 0 Å². The number of hydrogen-bond donors (Lipinski definition) is 0. The van der Waals surface area contributed by atoms with Crippen LogP contribution in [0.15, 0.2) is 96.1 Å². The van der Waals surface area contributed by atoms with E-state index in [1.165, 1.54) is 92.7 Å². The number of halogens is 2. The molecule has 0 N–H and O–H groups in total. The summed E-state index contributed by atoms with van der Waals surface area (Å²) >= 11 is -4.80. The van der Waals surface area contributed by atoms with Crippen molar-refractivity contribution in [2.24, 2.45) is 0 Å². The molecule has 4 aromatic carbocycles. The molecule has 2 atom stereocenters. The standard InChI is InChI=1S/2C21H22N.C2H7Si.2ClH.Zr/c2*1-2-16-14-18-6-5-7-20(21(18)15-16)17-8-10-19(11-9-17)22-12-3-4-13-22;1-3-2;;;/h2*5-11,14-15H,2-4,12-13H2,1H3;3H,1-2H3;2*1H;/q;;;;;+2/p-2. The molecule has 0 saturated carbocycles. The molecule has 2 aliphatic heterocycles. The van der Waals surface area contributed by atoms with E-state index in [0.717, 1.165) is 39.0 Å². The fraction of sp³-hybridized carbons (Fsp3) is 0.364. The van der Waals surface area contributed by atoms with E-state index in [1.807, 2.05) is 0 Å². The van der Waals surface area contributed by atoms with Crippen LogP contribution in [0.5, 0.6) is 0 Å². The van der Waals surface area contributed by atoms with Gasteiger partial charge in [0.1, 0.15) is 0 Å². The van der Waals surface area contributed by atoms with Gasteiger partial charge in [-0.2, -0.15) is 0 Å². The van der Waals surface area contributed by atoms with Crippen molar-refractivity contribution >= 4 is 46.5 Å². The van der Waals surface area contributed by atoms with Gasteiger partial charge < -0.3 is 0 Å². The summed E-state index contributed by atoms with van der Waals surface area (Å²) in [5.41, 5.74) is 16.1. The van der Waals surface area contributed by atoms with Crippen molar-refractivity contribution in [2.45, 2.75) is 72.7 Å². The molecule has 259 valence electrons. The van der Waals surface area contributed by atoms with Crippen LogP contribution < -0.4 is 9.80 Å². The summed E-state index contributed by atoms with van der Waals surface area (Å²) in [6.45, 7) is 14.2. The summed E-state index contributed by atoms with van der Waals surface area (Å²) in [6.07, 6.45) is 12.1. The fourth-order valence-electron chi connectivity index (χ4n) is 9.83. The first-order valence-electron chi connectivity index (χ1n) is 19.2. The Kier molecular flexibility index (Phi) is 9.41. The van der Waals surface area contributed by atoms with E-state index in [0.29, 0.717) is 0 Å². The summed E-state index contributed by atoms with van der Waals surface area (Å²) in [4.78, 5) is 5.02. The summed E-state index contributed by atoms with van der Waals surface area (Å²) in [5.74, 6) is -1.61. The Morgan fingerprint density at radius 1 is 0.580 bits per heavy atom. The van der Waals surface area contributed by atoms with Gasteiger partial charge in [-0.25, -0.2) is 0 Å². The molecule has 2 aliphatic carbocycles. The summed E-state index contributed by atoms with van der Waals surface area (Å²) in [6, 6.07) is 32.4. The summed E-state index contributed by atoms with van der Waals surface area (Å²) in [7, 11) is 17.3. The molecule has 8 rings (SSSR count). The normalized spacial score (nSPS) is 20.9. The number of hydrogen-bond acceptors (Lipinski definition) is 2. The quantitative estimate of drug-likeness (QED) is 0.156. The second-order valence-corrected chi connectivity index (χ2v) is 58.0. The van der Waals surface area contributed by atoms with Gasteiger partial charge >= 0.3 is 311 Å². The van der Waals surface area contributed by atoms with Crippen LogP contribution in [0.1, 0.15) is 81.9 Å². The minimum absolute atomic E-state index is 0.115. The van der Waals surface area contributed by atoms with Crippen molar-refractivity contribution < 1.29 is 15.6 Å². The molecule has 4 aliphatic rings. The number of rotatable bonds is 9. The third kappa shape index (κ3) is 5.58. The number of fused-ring (bicyclic) bond motifs is 2. The zero-order valence-corrected chi connectivity index (χ0v) is 35.3. The molecule has 50 heavy (non-hydrogen) atoms. The number of allylic oxidation sites excluding steroid dienone is 2. The van der Waals surface area contributed by atoms with Gasteiger partial charge in [-0.1, -0.05) is 0 Å². The first kappa shape index (κ1) is 34.7. The molecule has 0 bridgehead atoms. The topological polar surface area (TPSA) is 6.48 Å². The maximum atomic E-state index is 8.67. The Labute approximate surface area is 309 Å². The maximum absolute atomic E-state index is 8.67. The van der Waals surface area contributed by atoms with Gasteiger partial charge in [0.2, 0.25) is 0 Å². The van der Waals surface area contributed by atoms with Crippen molar-refractivity contribution in [1.29, 1.82) is 0 Å². The van der Waals surface area contributed by atoms with Crippen molar-refractivity contribution in [1.82, 2.24) is 0 Å². The summed E-state index contributed by atoms with van der Waals surface area (Å²) < 4.78 is 0.231. The van der Waals surface area contributed by atoms with E-state index in [2.05, 4.69) is 134 Å². The second kappa shape index (κ2) is 13.6. The van der Waals surface area contributed by atoms with E-state index < -0.39 is 21.5 Å². The molecular formula is C44H51Cl2N2SiZr. The minimum atomic E-state index is -4.80. The van der Waals surface area contributed by atoms with Gasteiger partial charge in [-0.15, -0.1) is 0 Å². The Morgan fingerprint density at radius 2 is 0.960 bits per heavy atom. The van der Waals surface area contributed by atoms with Crippen LogP contribution in [0.4, 0.5) is 11.4 Å². The third-order valence-electron chi connectivity index (χ3n) is 12.6. The van der Waals surface area contributed by atoms with Gasteiger partial charge in [0.25, 0.3) is 0 Å². The molecule has 2 fully saturated rings. The Morgan fingerprint density at radius 3 is 1.30 bits per heavy atom. The Hall–Kier alpha value is -2.36. The average Bonchev–Trinajstić information content (AvgIpc) is 3.97. The van der Waals surface area contributed by atoms with Crippen molar-refractivity contribution in [3.63, 3.8) is 0 Å². The van der Waals surface area contributed by atoms with E-state index in [4.69, 9.17) is 17.0 Å². The number of anilines is 2. The van der Waals surface area contributed by atoms with Gasteiger partial charge in [-0.3, -0.25) is 0 Å². The zero-order valence-electron chi connectivity index (χ0n) is 30.2. The SMILES string of the molecule is CCC1=Cc2c(-c3ccc(N4CCCC4)cc3)cccc2[CH]1[Zr]([Cl])([Cl])([CH]1C(CC)=Cc2c(-c3ccc(N4CCCC4)cc3)cccc21)[SiH](C)C. The molecule has 2 saturated heterocycles. The van der Waals surface area contributed by atoms with Crippen LogP contribution in [0.2, 0.25) is 13.1 Å². The van der Waals surface area contributed by atoms with Crippen molar-refractivity contribution in [3.05, 3.63) is 118 Å². The second-order valence-electron chi connectivity index (χ2n) is 15.5. The van der Waals surface area contributed by atoms with Crippen LogP contribution in [-0.4, -0.2) is 32.1 Å². The van der Waals surface area contributed by atoms with Crippen LogP contribution in [0.25, 0.3) is 34.4 Å². The Balaban J connectivity index is 1.22. The Bertz CT molecular complexity index is 1830. The molecule has 0 radical (unpaired) electrons. The van der Waals surface area contributed by atoms with Crippen molar-refractivity contribution in [2.75, 3.05) is 36.0 Å². The first-order chi connectivity index (χ1) is 24.2. The molecule has 6 heteroatoms. The van der Waals surface area contributed by atoms with Gasteiger partial charge in [0, 0.05) is 0 Å². The predicted molar refractivity (Wildman–Crippen MR) is 219 cm³/mol. The van der Waals surface area contributed by atoms with Gasteiger partial charge in [0.15, 0.2) is 0 Å². The van der Waals surface area contributed by atoms with Gasteiger partial charge in [0.05, 0.1) is 0 Å². The molecule has 4 aromatic rings. The third-order valence-corrected chi connectivity index (χ3v) is 64.5. The number of nitrogens with zero attached hydrogens (tertiary/aromatic N) is 2. The molecular weight excluding hydrogens is 747 g/mol.